The van der Waals surface area contributed by atoms with Crippen LogP contribution in [0.15, 0.2) is 22.5 Å². The minimum atomic E-state index is -0.946. The summed E-state index contributed by atoms with van der Waals surface area (Å²) in [6, 6.07) is 4.97. The molecule has 0 radical (unpaired) electrons. The van der Waals surface area contributed by atoms with E-state index in [1.165, 1.54) is 0 Å². The van der Waals surface area contributed by atoms with Gasteiger partial charge in [-0.05, 0) is 12.0 Å². The third-order valence-corrected chi connectivity index (χ3v) is 4.58. The molecule has 2 aliphatic rings. The van der Waals surface area contributed by atoms with Crippen LogP contribution in [0, 0.1) is 65.3 Å². The third-order valence-electron chi connectivity index (χ3n) is 4.58. The summed E-state index contributed by atoms with van der Waals surface area (Å²) in [5.41, 5.74) is -1.58. The largest absolute Gasteiger partial charge is 0.512 e. The molecule has 1 aromatic rings. The predicted octanol–water partition coefficient (Wildman–Crippen LogP) is 2.17. The number of halogens is 2. The molecule has 6 nitrogen and oxygen atoms in total. The fourth-order valence-corrected chi connectivity index (χ4v) is 3.42. The number of hydrogen-bond acceptors (Lipinski definition) is 3. The van der Waals surface area contributed by atoms with Gasteiger partial charge in [0.15, 0.2) is 5.70 Å². The van der Waals surface area contributed by atoms with Crippen molar-refractivity contribution in [1.29, 1.82) is 15.8 Å². The van der Waals surface area contributed by atoms with Gasteiger partial charge in [-0.15, -0.1) is 0 Å². The minimum Gasteiger partial charge on any atom is -0.238 e. The van der Waals surface area contributed by atoms with Crippen molar-refractivity contribution in [2.24, 2.45) is 0 Å². The van der Waals surface area contributed by atoms with Crippen LogP contribution in [0.2, 0.25) is 0 Å². The summed E-state index contributed by atoms with van der Waals surface area (Å²) in [5, 5.41) is 26.9. The number of nitrogens with zero attached hydrogens (tertiary/aromatic N) is 6. The van der Waals surface area contributed by atoms with Gasteiger partial charge < -0.3 is 0 Å². The van der Waals surface area contributed by atoms with Gasteiger partial charge in [-0.25, -0.2) is 13.6 Å². The molecule has 0 aromatic heterocycles. The maximum atomic E-state index is 15.3. The fraction of sp³-hybridized carbons (Fsp3) is 0.100. The monoisotopic (exact) mass is 366 g/mol. The summed E-state index contributed by atoms with van der Waals surface area (Å²) < 4.78 is 30.5. The predicted molar refractivity (Wildman–Crippen MR) is 90.5 cm³/mol. The van der Waals surface area contributed by atoms with Crippen molar-refractivity contribution in [1.82, 2.24) is 0 Å². The van der Waals surface area contributed by atoms with E-state index in [1.54, 1.807) is 18.2 Å². The van der Waals surface area contributed by atoms with E-state index in [4.69, 9.17) is 30.2 Å². The molecule has 128 valence electrons. The zero-order chi connectivity index (χ0) is 20.6. The lowest BCUT2D eigenvalue weighted by Gasteiger charge is -2.04. The normalized spacial score (nSPS) is 13.3. The van der Waals surface area contributed by atoms with Gasteiger partial charge in [-0.3, -0.25) is 0 Å². The highest BCUT2D eigenvalue weighted by Crippen LogP contribution is 2.32. The zero-order valence-corrected chi connectivity index (χ0v) is 13.9. The first-order valence-electron chi connectivity index (χ1n) is 7.55. The minimum absolute atomic E-state index is 0.0551. The summed E-state index contributed by atoms with van der Waals surface area (Å²) in [4.78, 5) is 9.26. The van der Waals surface area contributed by atoms with Crippen LogP contribution in [0.5, 0.6) is 0 Å². The molecule has 0 aliphatic heterocycles. The highest BCUT2D eigenvalue weighted by Gasteiger charge is 2.35. The Morgan fingerprint density at radius 1 is 0.857 bits per heavy atom. The maximum absolute atomic E-state index is 15.3. The molecular weight excluding hydrogens is 362 g/mol. The van der Waals surface area contributed by atoms with Crippen LogP contribution in [-0.4, -0.2) is 0 Å². The molecule has 0 unspecified atom stereocenters. The molecule has 1 aromatic carbocycles. The molecule has 28 heavy (non-hydrogen) atoms. The lowest BCUT2D eigenvalue weighted by molar-refractivity contribution is 0.567. The molecule has 8 heteroatoms. The summed E-state index contributed by atoms with van der Waals surface area (Å²) in [6.07, 6.45) is -0.669. The molecule has 0 atom stereocenters. The molecule has 0 N–H and O–H groups in total. The van der Waals surface area contributed by atoms with Crippen molar-refractivity contribution in [3.8, 4) is 18.2 Å². The summed E-state index contributed by atoms with van der Waals surface area (Å²) in [5.74, 6) is -2.33. The quantitative estimate of drug-likeness (QED) is 0.521. The van der Waals surface area contributed by atoms with Gasteiger partial charge in [0.2, 0.25) is 0 Å². The van der Waals surface area contributed by atoms with E-state index < -0.39 is 23.0 Å². The Labute approximate surface area is 157 Å². The molecule has 0 heterocycles. The second kappa shape index (κ2) is 6.52. The smallest absolute Gasteiger partial charge is 0.238 e. The molecule has 2 aliphatic carbocycles. The molecule has 0 saturated heterocycles. The zero-order valence-electron chi connectivity index (χ0n) is 13.9. The Morgan fingerprint density at radius 3 is 1.89 bits per heavy atom. The summed E-state index contributed by atoms with van der Waals surface area (Å²) >= 11 is 0. The molecular formula is C20H4F2N6. The van der Waals surface area contributed by atoms with Crippen molar-refractivity contribution in [3.63, 3.8) is 0 Å². The van der Waals surface area contributed by atoms with Crippen molar-refractivity contribution < 1.29 is 8.78 Å². The third kappa shape index (κ3) is 2.18. The van der Waals surface area contributed by atoms with Crippen LogP contribution >= 0.6 is 0 Å². The molecule has 0 saturated carbocycles. The first-order chi connectivity index (χ1) is 13.5. The van der Waals surface area contributed by atoms with E-state index in [1.807, 2.05) is 0 Å². The summed E-state index contributed by atoms with van der Waals surface area (Å²) in [7, 11) is 0. The van der Waals surface area contributed by atoms with Gasteiger partial charge in [0, 0.05) is 28.0 Å². The number of allylic oxidation sites excluding steroid dienone is 2. The SMILES string of the molecule is [C-]#[N+]C([N+]#[C-])=C1Cc2c(F)c3c(c(F)c2=C1[N+]#[C-])CC(=C(C#N)C#N)C=3C#N. The molecule has 3 rings (SSSR count). The van der Waals surface area contributed by atoms with E-state index in [2.05, 4.69) is 14.5 Å². The second-order valence-electron chi connectivity index (χ2n) is 5.74. The summed E-state index contributed by atoms with van der Waals surface area (Å²) in [6.45, 7) is 21.4. The first kappa shape index (κ1) is 18.0. The van der Waals surface area contributed by atoms with Crippen LogP contribution < -0.4 is 10.4 Å². The highest BCUT2D eigenvalue weighted by atomic mass is 19.1. The van der Waals surface area contributed by atoms with E-state index in [0.717, 1.165) is 0 Å². The number of hydrogen-bond donors (Lipinski definition) is 0. The Hall–Kier alpha value is -4.76. The van der Waals surface area contributed by atoms with Gasteiger partial charge in [0.05, 0.1) is 17.7 Å². The van der Waals surface area contributed by atoms with Gasteiger partial charge >= 0.3 is 5.82 Å². The Balaban J connectivity index is 2.56. The topological polar surface area (TPSA) is 84.5 Å². The lowest BCUT2D eigenvalue weighted by Crippen LogP contribution is -2.26. The second-order valence-corrected chi connectivity index (χ2v) is 5.74. The van der Waals surface area contributed by atoms with Crippen molar-refractivity contribution >= 4 is 11.3 Å². The first-order valence-corrected chi connectivity index (χ1v) is 7.55. The van der Waals surface area contributed by atoms with E-state index in [9.17, 15) is 5.26 Å². The van der Waals surface area contributed by atoms with Crippen LogP contribution in [0.25, 0.3) is 25.8 Å². The number of rotatable bonds is 0. The van der Waals surface area contributed by atoms with Gasteiger partial charge in [0.25, 0.3) is 0 Å². The maximum Gasteiger partial charge on any atom is 0.512 e. The van der Waals surface area contributed by atoms with E-state index in [0.29, 0.717) is 0 Å². The van der Waals surface area contributed by atoms with Crippen LogP contribution in [-0.2, 0) is 12.8 Å². The standard InChI is InChI=1S/C20H4F2N6/c1-26-19-13(20(27-2)28-3)5-12-16(19)18(22)11-4-10(9(6-23)7-24)14(8-25)15(11)17(12)21/h4-5H2. The van der Waals surface area contributed by atoms with Crippen molar-refractivity contribution in [3.05, 3.63) is 90.0 Å². The highest BCUT2D eigenvalue weighted by molar-refractivity contribution is 5.85. The number of benzene rings is 1. The average Bonchev–Trinajstić information content (AvgIpc) is 3.28. The Bertz CT molecular complexity index is 1290. The molecule has 0 spiro atoms. The average molecular weight is 366 g/mol. The Kier molecular flexibility index (Phi) is 4.20. The van der Waals surface area contributed by atoms with Gasteiger partial charge in [0.1, 0.15) is 48.6 Å². The van der Waals surface area contributed by atoms with Crippen LogP contribution in [0.1, 0.15) is 11.1 Å². The molecule has 0 bridgehead atoms. The van der Waals surface area contributed by atoms with Crippen LogP contribution in [0.4, 0.5) is 8.78 Å². The van der Waals surface area contributed by atoms with Gasteiger partial charge in [-0.1, -0.05) is 0 Å². The number of nitriles is 3. The van der Waals surface area contributed by atoms with Crippen LogP contribution in [0.3, 0.4) is 0 Å². The number of fused-ring (bicyclic) bond motifs is 2. The fourth-order valence-electron chi connectivity index (χ4n) is 3.42. The van der Waals surface area contributed by atoms with Gasteiger partial charge in [-0.2, -0.15) is 25.5 Å². The molecule has 0 amide bonds. The Morgan fingerprint density at radius 2 is 1.39 bits per heavy atom. The van der Waals surface area contributed by atoms with E-state index in [-0.39, 0.29) is 56.8 Å². The van der Waals surface area contributed by atoms with Crippen molar-refractivity contribution in [2.45, 2.75) is 12.8 Å². The van der Waals surface area contributed by atoms with Crippen molar-refractivity contribution in [2.75, 3.05) is 0 Å². The van der Waals surface area contributed by atoms with E-state index >= 15 is 8.78 Å². The molecule has 0 fully saturated rings. The lowest BCUT2D eigenvalue weighted by atomic mass is 10.0.